The van der Waals surface area contributed by atoms with Gasteiger partial charge in [0.05, 0.1) is 0 Å². The first-order valence-electron chi connectivity index (χ1n) is 5.97. The Morgan fingerprint density at radius 1 is 1.42 bits per heavy atom. The number of esters is 1. The summed E-state index contributed by atoms with van der Waals surface area (Å²) in [6.07, 6.45) is -0.465. The molecule has 1 saturated heterocycles. The Balaban J connectivity index is 1.91. The van der Waals surface area contributed by atoms with Gasteiger partial charge in [0.15, 0.2) is 6.73 Å². The standard InChI is InChI=1S/C13H15NO5/c15-7-6-11-12(16)19-9-14(11)13(17)18-8-10-4-2-1-3-5-10/h1-5,11,15H,6-9H2/t11-/m0/s1. The van der Waals surface area contributed by atoms with Gasteiger partial charge in [-0.15, -0.1) is 0 Å². The fraction of sp³-hybridized carbons (Fsp3) is 0.385. The van der Waals surface area contributed by atoms with Crippen LogP contribution in [-0.2, 0) is 20.9 Å². The molecule has 6 heteroatoms. The molecule has 1 aliphatic rings. The Kier molecular flexibility index (Phi) is 4.35. The molecule has 19 heavy (non-hydrogen) atoms. The summed E-state index contributed by atoms with van der Waals surface area (Å²) in [4.78, 5) is 24.4. The summed E-state index contributed by atoms with van der Waals surface area (Å²) in [6, 6.07) is 8.48. The predicted molar refractivity (Wildman–Crippen MR) is 64.9 cm³/mol. The van der Waals surface area contributed by atoms with E-state index in [1.807, 2.05) is 30.3 Å². The van der Waals surface area contributed by atoms with E-state index in [1.54, 1.807) is 0 Å². The Bertz CT molecular complexity index is 448. The summed E-state index contributed by atoms with van der Waals surface area (Å²) in [5.74, 6) is -0.509. The Labute approximate surface area is 110 Å². The Morgan fingerprint density at radius 3 is 2.84 bits per heavy atom. The normalized spacial score (nSPS) is 18.3. The molecule has 1 N–H and O–H groups in total. The second-order valence-electron chi connectivity index (χ2n) is 4.13. The molecule has 0 radical (unpaired) electrons. The van der Waals surface area contributed by atoms with E-state index in [9.17, 15) is 9.59 Å². The third-order valence-corrected chi connectivity index (χ3v) is 2.84. The van der Waals surface area contributed by atoms with Crippen LogP contribution in [0.1, 0.15) is 12.0 Å². The van der Waals surface area contributed by atoms with Crippen LogP contribution in [0.25, 0.3) is 0 Å². The molecule has 1 aliphatic heterocycles. The smallest absolute Gasteiger partial charge is 0.413 e. The molecule has 1 amide bonds. The average molecular weight is 265 g/mol. The van der Waals surface area contributed by atoms with Gasteiger partial charge >= 0.3 is 12.1 Å². The molecule has 0 aromatic heterocycles. The molecule has 0 bridgehead atoms. The van der Waals surface area contributed by atoms with Crippen molar-refractivity contribution in [3.05, 3.63) is 35.9 Å². The highest BCUT2D eigenvalue weighted by Gasteiger charge is 2.38. The quantitative estimate of drug-likeness (QED) is 0.818. The molecule has 0 unspecified atom stereocenters. The molecule has 1 atom stereocenters. The average Bonchev–Trinajstić information content (AvgIpc) is 2.80. The number of carbonyl (C=O) groups excluding carboxylic acids is 2. The van der Waals surface area contributed by atoms with Crippen molar-refractivity contribution in [2.24, 2.45) is 0 Å². The van der Waals surface area contributed by atoms with Crippen LogP contribution in [0, 0.1) is 0 Å². The van der Waals surface area contributed by atoms with Crippen molar-refractivity contribution in [1.82, 2.24) is 4.90 Å². The minimum Gasteiger partial charge on any atom is -0.444 e. The maximum Gasteiger partial charge on any atom is 0.413 e. The topological polar surface area (TPSA) is 76.1 Å². The number of cyclic esters (lactones) is 1. The van der Waals surface area contributed by atoms with E-state index >= 15 is 0 Å². The monoisotopic (exact) mass is 265 g/mol. The van der Waals surface area contributed by atoms with Crippen molar-refractivity contribution in [3.8, 4) is 0 Å². The molecule has 1 heterocycles. The van der Waals surface area contributed by atoms with Crippen LogP contribution in [0.2, 0.25) is 0 Å². The fourth-order valence-electron chi connectivity index (χ4n) is 1.82. The molecule has 0 aliphatic carbocycles. The molecule has 1 aromatic rings. The number of benzene rings is 1. The second kappa shape index (κ2) is 6.19. The lowest BCUT2D eigenvalue weighted by molar-refractivity contribution is -0.139. The number of hydrogen-bond donors (Lipinski definition) is 1. The fourth-order valence-corrected chi connectivity index (χ4v) is 1.82. The Morgan fingerprint density at radius 2 is 2.16 bits per heavy atom. The van der Waals surface area contributed by atoms with Gasteiger partial charge in [0.1, 0.15) is 12.6 Å². The number of carbonyl (C=O) groups is 2. The van der Waals surface area contributed by atoms with Crippen LogP contribution < -0.4 is 0 Å². The van der Waals surface area contributed by atoms with Crippen LogP contribution in [-0.4, -0.2) is 41.4 Å². The lowest BCUT2D eigenvalue weighted by Gasteiger charge is -2.18. The summed E-state index contributed by atoms with van der Waals surface area (Å²) in [5.41, 5.74) is 0.862. The largest absolute Gasteiger partial charge is 0.444 e. The summed E-state index contributed by atoms with van der Waals surface area (Å²) >= 11 is 0. The van der Waals surface area contributed by atoms with Crippen molar-refractivity contribution >= 4 is 12.1 Å². The van der Waals surface area contributed by atoms with Gasteiger partial charge < -0.3 is 14.6 Å². The van der Waals surface area contributed by atoms with Gasteiger partial charge in [0.2, 0.25) is 0 Å². The summed E-state index contributed by atoms with van der Waals surface area (Å²) in [7, 11) is 0. The molecule has 0 saturated carbocycles. The molecule has 1 aromatic carbocycles. The summed E-state index contributed by atoms with van der Waals surface area (Å²) in [6.45, 7) is -0.185. The van der Waals surface area contributed by atoms with Gasteiger partial charge in [0, 0.05) is 13.0 Å². The maximum absolute atomic E-state index is 11.8. The zero-order chi connectivity index (χ0) is 13.7. The van der Waals surface area contributed by atoms with Crippen molar-refractivity contribution < 1.29 is 24.2 Å². The lowest BCUT2D eigenvalue weighted by atomic mass is 10.2. The molecule has 2 rings (SSSR count). The minimum atomic E-state index is -0.756. The van der Waals surface area contributed by atoms with Crippen LogP contribution in [0.5, 0.6) is 0 Å². The highest BCUT2D eigenvalue weighted by Crippen LogP contribution is 2.16. The van der Waals surface area contributed by atoms with Gasteiger partial charge in [0.25, 0.3) is 0 Å². The first-order chi connectivity index (χ1) is 9.22. The number of aliphatic hydroxyl groups excluding tert-OH is 1. The van der Waals surface area contributed by atoms with Crippen molar-refractivity contribution in [2.45, 2.75) is 19.1 Å². The number of nitrogens with zero attached hydrogens (tertiary/aromatic N) is 1. The van der Waals surface area contributed by atoms with E-state index in [1.165, 1.54) is 4.90 Å². The molecule has 102 valence electrons. The highest BCUT2D eigenvalue weighted by atomic mass is 16.6. The van der Waals surface area contributed by atoms with Crippen molar-refractivity contribution in [1.29, 1.82) is 0 Å². The number of aliphatic hydroxyl groups is 1. The first-order valence-corrected chi connectivity index (χ1v) is 5.97. The zero-order valence-corrected chi connectivity index (χ0v) is 10.3. The molecular formula is C13H15NO5. The van der Waals surface area contributed by atoms with Crippen molar-refractivity contribution in [2.75, 3.05) is 13.3 Å². The molecule has 0 spiro atoms. The third-order valence-electron chi connectivity index (χ3n) is 2.84. The van der Waals surface area contributed by atoms with Gasteiger partial charge in [-0.05, 0) is 5.56 Å². The Hall–Kier alpha value is -2.08. The van der Waals surface area contributed by atoms with Crippen LogP contribution >= 0.6 is 0 Å². The second-order valence-corrected chi connectivity index (χ2v) is 4.13. The van der Waals surface area contributed by atoms with Gasteiger partial charge in [-0.25, -0.2) is 9.59 Å². The molecule has 1 fully saturated rings. The van der Waals surface area contributed by atoms with E-state index in [2.05, 4.69) is 0 Å². The maximum atomic E-state index is 11.8. The number of ether oxygens (including phenoxy) is 2. The van der Waals surface area contributed by atoms with E-state index in [-0.39, 0.29) is 26.4 Å². The summed E-state index contributed by atoms with van der Waals surface area (Å²) in [5, 5.41) is 8.87. The van der Waals surface area contributed by atoms with E-state index in [0.29, 0.717) is 0 Å². The third kappa shape index (κ3) is 3.23. The number of amides is 1. The SMILES string of the molecule is O=C1OCN(C(=O)OCc2ccccc2)[C@H]1CCO. The first kappa shape index (κ1) is 13.4. The van der Waals surface area contributed by atoms with Crippen molar-refractivity contribution in [3.63, 3.8) is 0 Å². The van der Waals surface area contributed by atoms with Crippen LogP contribution in [0.3, 0.4) is 0 Å². The van der Waals surface area contributed by atoms with Gasteiger partial charge in [-0.1, -0.05) is 30.3 Å². The minimum absolute atomic E-state index is 0.128. The van der Waals surface area contributed by atoms with E-state index < -0.39 is 18.1 Å². The van der Waals surface area contributed by atoms with Gasteiger partial charge in [-0.2, -0.15) is 0 Å². The number of hydrogen-bond acceptors (Lipinski definition) is 5. The molecular weight excluding hydrogens is 250 g/mol. The lowest BCUT2D eigenvalue weighted by Crippen LogP contribution is -2.39. The zero-order valence-electron chi connectivity index (χ0n) is 10.3. The van der Waals surface area contributed by atoms with E-state index in [0.717, 1.165) is 5.56 Å². The highest BCUT2D eigenvalue weighted by molar-refractivity contribution is 5.83. The van der Waals surface area contributed by atoms with Gasteiger partial charge in [-0.3, -0.25) is 4.90 Å². The predicted octanol–water partition coefficient (Wildman–Crippen LogP) is 0.891. The van der Waals surface area contributed by atoms with E-state index in [4.69, 9.17) is 14.6 Å². The molecule has 6 nitrogen and oxygen atoms in total. The number of rotatable bonds is 4. The summed E-state index contributed by atoms with van der Waals surface area (Å²) < 4.78 is 9.89. The van der Waals surface area contributed by atoms with Crippen LogP contribution in [0.15, 0.2) is 30.3 Å². The van der Waals surface area contributed by atoms with Crippen LogP contribution in [0.4, 0.5) is 4.79 Å².